The number of thioether (sulfide) groups is 1. The Bertz CT molecular complexity index is 2130. The molecular weight excluding hydrogens is 660 g/mol. The molecule has 1 heterocycles. The van der Waals surface area contributed by atoms with Crippen molar-refractivity contribution in [2.24, 2.45) is 0 Å². The molecule has 1 atom stereocenters. The third kappa shape index (κ3) is 8.19. The molecule has 0 fully saturated rings. The molecule has 1 aromatic heterocycles. The molecule has 0 aliphatic carbocycles. The van der Waals surface area contributed by atoms with Gasteiger partial charge < -0.3 is 16.0 Å². The van der Waals surface area contributed by atoms with Crippen LogP contribution in [0.2, 0.25) is 5.02 Å². The van der Waals surface area contributed by atoms with Gasteiger partial charge in [-0.15, -0.1) is 11.8 Å². The Morgan fingerprint density at radius 2 is 1.54 bits per heavy atom. The third-order valence-electron chi connectivity index (χ3n) is 7.19. The molecule has 7 nitrogen and oxygen atoms in total. The summed E-state index contributed by atoms with van der Waals surface area (Å²) in [5.41, 5.74) is 4.25. The maximum Gasteiger partial charge on any atom is 0.272 e. The van der Waals surface area contributed by atoms with E-state index in [1.54, 1.807) is 66.7 Å². The minimum Gasteiger partial charge on any atom is -0.321 e. The molecule has 6 aromatic rings. The first-order valence-electron chi connectivity index (χ1n) is 15.0. The molecule has 0 radical (unpaired) electrons. The number of carbonyl (C=O) groups excluding carboxylic acids is 3. The molecule has 1 unspecified atom stereocenters. The zero-order valence-electron chi connectivity index (χ0n) is 25.6. The zero-order chi connectivity index (χ0) is 33.5. The molecule has 3 N–H and O–H groups in total. The van der Waals surface area contributed by atoms with Gasteiger partial charge in [0.25, 0.3) is 11.8 Å². The molecule has 10 heteroatoms. The summed E-state index contributed by atoms with van der Waals surface area (Å²) in [6.07, 6.45) is 1.54. The predicted octanol–water partition coefficient (Wildman–Crippen LogP) is 9.14. The first-order valence-corrected chi connectivity index (χ1v) is 17.0. The van der Waals surface area contributed by atoms with Gasteiger partial charge in [-0.2, -0.15) is 0 Å². The molecule has 238 valence electrons. The second-order valence-electron chi connectivity index (χ2n) is 10.8. The molecule has 0 aliphatic rings. The monoisotopic (exact) mass is 688 g/mol. The number of nitrogens with one attached hydrogen (secondary N) is 3. The number of carbonyl (C=O) groups is 3. The van der Waals surface area contributed by atoms with Crippen LogP contribution in [0.5, 0.6) is 0 Å². The lowest BCUT2D eigenvalue weighted by molar-refractivity contribution is -0.116. The summed E-state index contributed by atoms with van der Waals surface area (Å²) >= 11 is 9.17. The number of aryl methyl sites for hydroxylation is 1. The number of thiazole rings is 1. The van der Waals surface area contributed by atoms with Crippen molar-refractivity contribution >= 4 is 79.5 Å². The van der Waals surface area contributed by atoms with E-state index in [0.717, 1.165) is 26.2 Å². The first-order chi connectivity index (χ1) is 23.3. The van der Waals surface area contributed by atoms with E-state index in [4.69, 9.17) is 11.6 Å². The van der Waals surface area contributed by atoms with Crippen LogP contribution in [-0.4, -0.2) is 22.7 Å². The van der Waals surface area contributed by atoms with Crippen molar-refractivity contribution in [3.63, 3.8) is 0 Å². The molecule has 6 rings (SSSR count). The number of anilines is 2. The van der Waals surface area contributed by atoms with Crippen molar-refractivity contribution in [1.82, 2.24) is 10.3 Å². The summed E-state index contributed by atoms with van der Waals surface area (Å²) in [6.45, 7) is 2.02. The Morgan fingerprint density at radius 1 is 0.812 bits per heavy atom. The smallest absolute Gasteiger partial charge is 0.272 e. The highest BCUT2D eigenvalue weighted by atomic mass is 35.5. The molecule has 3 amide bonds. The maximum absolute atomic E-state index is 13.7. The van der Waals surface area contributed by atoms with Crippen LogP contribution in [0.15, 0.2) is 138 Å². The number of aromatic nitrogens is 1. The molecule has 0 aliphatic heterocycles. The lowest BCUT2D eigenvalue weighted by atomic mass is 10.1. The van der Waals surface area contributed by atoms with E-state index in [-0.39, 0.29) is 11.6 Å². The van der Waals surface area contributed by atoms with Crippen LogP contribution in [0.4, 0.5) is 10.8 Å². The maximum atomic E-state index is 13.7. The quantitative estimate of drug-likeness (QED) is 0.0985. The van der Waals surface area contributed by atoms with Gasteiger partial charge in [-0.05, 0) is 78.2 Å². The number of rotatable bonds is 10. The Morgan fingerprint density at radius 3 is 2.31 bits per heavy atom. The van der Waals surface area contributed by atoms with Crippen molar-refractivity contribution in [2.45, 2.75) is 17.1 Å². The van der Waals surface area contributed by atoms with Crippen LogP contribution in [0.3, 0.4) is 0 Å². The minimum atomic E-state index is -0.605. The Kier molecular flexibility index (Phi) is 10.3. The number of benzene rings is 5. The van der Waals surface area contributed by atoms with Crippen LogP contribution >= 0.6 is 34.7 Å². The standard InChI is InChI=1S/C38H29ClN4O3S2/c1-24-19-20-31-33(21-24)48-38(42-31)43-37(46)34(25-11-4-2-5-12-25)47-29-17-10-16-28(23-29)40-36(45)32(22-27-15-8-9-18-30(27)39)41-35(44)26-13-6-3-7-14-26/h2-23,34H,1H3,(H,40,45)(H,41,44)(H,42,43,46)/b32-22+. The van der Waals surface area contributed by atoms with Gasteiger partial charge in [-0.25, -0.2) is 4.98 Å². The fourth-order valence-corrected chi connectivity index (χ4v) is 7.07. The van der Waals surface area contributed by atoms with E-state index in [1.807, 2.05) is 67.6 Å². The van der Waals surface area contributed by atoms with Crippen molar-refractivity contribution in [3.8, 4) is 0 Å². The van der Waals surface area contributed by atoms with E-state index in [9.17, 15) is 14.4 Å². The predicted molar refractivity (Wildman–Crippen MR) is 196 cm³/mol. The number of halogens is 1. The van der Waals surface area contributed by atoms with Crippen LogP contribution < -0.4 is 16.0 Å². The number of hydrogen-bond donors (Lipinski definition) is 3. The Balaban J connectivity index is 1.23. The van der Waals surface area contributed by atoms with E-state index in [1.165, 1.54) is 29.2 Å². The van der Waals surface area contributed by atoms with Gasteiger partial charge in [0.05, 0.1) is 10.2 Å². The van der Waals surface area contributed by atoms with Gasteiger partial charge in [0, 0.05) is 21.2 Å². The molecule has 0 saturated carbocycles. The lowest BCUT2D eigenvalue weighted by Crippen LogP contribution is -2.30. The second kappa shape index (κ2) is 15.1. The fraction of sp³-hybridized carbons (Fsp3) is 0.0526. The highest BCUT2D eigenvalue weighted by Crippen LogP contribution is 2.38. The summed E-state index contributed by atoms with van der Waals surface area (Å²) in [5.74, 6) is -1.19. The number of hydrogen-bond acceptors (Lipinski definition) is 6. The highest BCUT2D eigenvalue weighted by molar-refractivity contribution is 8.00. The van der Waals surface area contributed by atoms with Gasteiger partial charge in [0.1, 0.15) is 10.9 Å². The Labute approximate surface area is 291 Å². The molecule has 0 bridgehead atoms. The number of fused-ring (bicyclic) bond motifs is 1. The van der Waals surface area contributed by atoms with Crippen molar-refractivity contribution in [3.05, 3.63) is 160 Å². The molecule has 0 saturated heterocycles. The Hall–Kier alpha value is -5.22. The summed E-state index contributed by atoms with van der Waals surface area (Å²) in [7, 11) is 0. The van der Waals surface area contributed by atoms with Gasteiger partial charge in [0.15, 0.2) is 5.13 Å². The van der Waals surface area contributed by atoms with Crippen LogP contribution in [0.1, 0.15) is 32.3 Å². The van der Waals surface area contributed by atoms with Crippen LogP contribution in [0, 0.1) is 6.92 Å². The van der Waals surface area contributed by atoms with Crippen molar-refractivity contribution < 1.29 is 14.4 Å². The highest BCUT2D eigenvalue weighted by Gasteiger charge is 2.24. The minimum absolute atomic E-state index is 0.0163. The average Bonchev–Trinajstić information content (AvgIpc) is 3.49. The molecule has 0 spiro atoms. The van der Waals surface area contributed by atoms with E-state index in [0.29, 0.717) is 27.0 Å². The molecule has 5 aromatic carbocycles. The number of nitrogens with zero attached hydrogens (tertiary/aromatic N) is 1. The van der Waals surface area contributed by atoms with E-state index >= 15 is 0 Å². The van der Waals surface area contributed by atoms with Gasteiger partial charge >= 0.3 is 0 Å². The number of amides is 3. The normalized spacial score (nSPS) is 11.9. The molecular formula is C38H29ClN4O3S2. The molecule has 48 heavy (non-hydrogen) atoms. The average molecular weight is 689 g/mol. The fourth-order valence-electron chi connectivity index (χ4n) is 4.83. The summed E-state index contributed by atoms with van der Waals surface area (Å²) < 4.78 is 1.00. The van der Waals surface area contributed by atoms with Crippen molar-refractivity contribution in [2.75, 3.05) is 10.6 Å². The van der Waals surface area contributed by atoms with E-state index < -0.39 is 17.1 Å². The first kappa shape index (κ1) is 32.7. The zero-order valence-corrected chi connectivity index (χ0v) is 28.0. The van der Waals surface area contributed by atoms with Crippen LogP contribution in [0.25, 0.3) is 16.3 Å². The lowest BCUT2D eigenvalue weighted by Gasteiger charge is -2.17. The van der Waals surface area contributed by atoms with Gasteiger partial charge in [-0.3, -0.25) is 14.4 Å². The van der Waals surface area contributed by atoms with Crippen molar-refractivity contribution in [1.29, 1.82) is 0 Å². The topological polar surface area (TPSA) is 100 Å². The second-order valence-corrected chi connectivity index (χ2v) is 13.4. The summed E-state index contributed by atoms with van der Waals surface area (Å²) in [6, 6.07) is 38.4. The largest absolute Gasteiger partial charge is 0.321 e. The SMILES string of the molecule is Cc1ccc2nc(NC(=O)C(Sc3cccc(NC(=O)/C(=C\c4ccccc4Cl)NC(=O)c4ccccc4)c3)c3ccccc3)sc2c1. The van der Waals surface area contributed by atoms with E-state index in [2.05, 4.69) is 20.9 Å². The van der Waals surface area contributed by atoms with Gasteiger partial charge in [0.2, 0.25) is 5.91 Å². The summed E-state index contributed by atoms with van der Waals surface area (Å²) in [5, 5.41) is 8.99. The van der Waals surface area contributed by atoms with Gasteiger partial charge in [-0.1, -0.05) is 102 Å². The third-order valence-corrected chi connectivity index (χ3v) is 9.72. The summed E-state index contributed by atoms with van der Waals surface area (Å²) in [4.78, 5) is 45.8. The van der Waals surface area contributed by atoms with Crippen LogP contribution in [-0.2, 0) is 9.59 Å².